The molecule has 2 heteroatoms. The Hall–Kier alpha value is -2.35. The largest absolute Gasteiger partial charge is 0.377 e. The van der Waals surface area contributed by atoms with Crippen molar-refractivity contribution < 1.29 is 0 Å². The van der Waals surface area contributed by atoms with Crippen LogP contribution in [0.4, 0.5) is 5.69 Å². The number of hydrogen-bond acceptors (Lipinski definition) is 2. The van der Waals surface area contributed by atoms with Crippen molar-refractivity contribution in [3.8, 4) is 11.3 Å². The minimum absolute atomic E-state index is 1.02. The number of pyridine rings is 1. The maximum atomic E-state index is 4.76. The van der Waals surface area contributed by atoms with Gasteiger partial charge in [0, 0.05) is 30.7 Å². The van der Waals surface area contributed by atoms with Gasteiger partial charge in [0.05, 0.1) is 11.2 Å². The molecule has 1 aromatic heterocycles. The number of hydrogen-bond donors (Lipinski definition) is 0. The Labute approximate surface area is 113 Å². The Morgan fingerprint density at radius 2 is 1.53 bits per heavy atom. The molecule has 3 aromatic rings. The predicted octanol–water partition coefficient (Wildman–Crippen LogP) is 3.97. The first-order valence-electron chi connectivity index (χ1n) is 6.38. The topological polar surface area (TPSA) is 16.1 Å². The van der Waals surface area contributed by atoms with Gasteiger partial charge in [0.1, 0.15) is 0 Å². The molecule has 0 radical (unpaired) electrons. The quantitative estimate of drug-likeness (QED) is 0.682. The Bertz CT molecular complexity index is 703. The van der Waals surface area contributed by atoms with E-state index in [1.165, 1.54) is 11.1 Å². The van der Waals surface area contributed by atoms with Crippen LogP contribution in [0.3, 0.4) is 0 Å². The molecule has 0 saturated heterocycles. The third kappa shape index (κ3) is 2.17. The summed E-state index contributed by atoms with van der Waals surface area (Å²) in [5.74, 6) is 0. The Morgan fingerprint density at radius 1 is 0.842 bits per heavy atom. The van der Waals surface area contributed by atoms with E-state index in [1.807, 2.05) is 24.3 Å². The minimum atomic E-state index is 1.02. The highest BCUT2D eigenvalue weighted by molar-refractivity contribution is 5.94. The van der Waals surface area contributed by atoms with Gasteiger partial charge in [-0.15, -0.1) is 0 Å². The fraction of sp³-hybridized carbons (Fsp3) is 0.118. The zero-order valence-electron chi connectivity index (χ0n) is 11.2. The van der Waals surface area contributed by atoms with Crippen LogP contribution in [0, 0.1) is 0 Å². The van der Waals surface area contributed by atoms with Gasteiger partial charge in [0.25, 0.3) is 0 Å². The fourth-order valence-corrected chi connectivity index (χ4v) is 2.28. The summed E-state index contributed by atoms with van der Waals surface area (Å²) in [6.07, 6.45) is 0. The van der Waals surface area contributed by atoms with Gasteiger partial charge in [0.2, 0.25) is 0 Å². The van der Waals surface area contributed by atoms with Crippen LogP contribution in [-0.2, 0) is 0 Å². The Balaban J connectivity index is 2.28. The molecule has 2 aromatic carbocycles. The van der Waals surface area contributed by atoms with Gasteiger partial charge in [-0.25, -0.2) is 4.98 Å². The predicted molar refractivity (Wildman–Crippen MR) is 81.5 cm³/mol. The Morgan fingerprint density at radius 3 is 2.26 bits per heavy atom. The van der Waals surface area contributed by atoms with Crippen molar-refractivity contribution in [1.82, 2.24) is 4.98 Å². The molecule has 19 heavy (non-hydrogen) atoms. The molecule has 0 aliphatic carbocycles. The van der Waals surface area contributed by atoms with Crippen molar-refractivity contribution in [2.24, 2.45) is 0 Å². The van der Waals surface area contributed by atoms with Crippen LogP contribution < -0.4 is 4.90 Å². The van der Waals surface area contributed by atoms with Crippen LogP contribution in [-0.4, -0.2) is 19.1 Å². The summed E-state index contributed by atoms with van der Waals surface area (Å²) in [5.41, 5.74) is 4.40. The SMILES string of the molecule is CN(C)c1cc(-c2ccccc2)nc2ccccc12. The third-order valence-electron chi connectivity index (χ3n) is 3.25. The smallest absolute Gasteiger partial charge is 0.0730 e. The first-order chi connectivity index (χ1) is 9.25. The summed E-state index contributed by atoms with van der Waals surface area (Å²) in [7, 11) is 4.13. The molecular formula is C17H16N2. The molecule has 2 nitrogen and oxygen atoms in total. The van der Waals surface area contributed by atoms with Crippen molar-refractivity contribution in [2.45, 2.75) is 0 Å². The van der Waals surface area contributed by atoms with E-state index in [-0.39, 0.29) is 0 Å². The highest BCUT2D eigenvalue weighted by Gasteiger charge is 2.08. The van der Waals surface area contributed by atoms with Gasteiger partial charge < -0.3 is 4.90 Å². The molecule has 0 spiro atoms. The lowest BCUT2D eigenvalue weighted by molar-refractivity contribution is 1.14. The van der Waals surface area contributed by atoms with E-state index < -0.39 is 0 Å². The third-order valence-corrected chi connectivity index (χ3v) is 3.25. The van der Waals surface area contributed by atoms with Crippen LogP contribution in [0.25, 0.3) is 22.2 Å². The molecule has 1 heterocycles. The van der Waals surface area contributed by atoms with Crippen LogP contribution >= 0.6 is 0 Å². The molecule has 0 N–H and O–H groups in total. The average Bonchev–Trinajstić information content (AvgIpc) is 2.47. The van der Waals surface area contributed by atoms with Crippen molar-refractivity contribution in [1.29, 1.82) is 0 Å². The van der Waals surface area contributed by atoms with Gasteiger partial charge in [0.15, 0.2) is 0 Å². The van der Waals surface area contributed by atoms with Gasteiger partial charge in [-0.05, 0) is 12.1 Å². The maximum Gasteiger partial charge on any atom is 0.0730 e. The number of aromatic nitrogens is 1. The second-order valence-corrected chi connectivity index (χ2v) is 4.80. The van der Waals surface area contributed by atoms with E-state index >= 15 is 0 Å². The zero-order valence-corrected chi connectivity index (χ0v) is 11.2. The number of fused-ring (bicyclic) bond motifs is 1. The molecule has 0 aliphatic heterocycles. The van der Waals surface area contributed by atoms with Gasteiger partial charge in [-0.3, -0.25) is 0 Å². The summed E-state index contributed by atoms with van der Waals surface area (Å²) < 4.78 is 0. The Kier molecular flexibility index (Phi) is 2.92. The van der Waals surface area contributed by atoms with E-state index in [0.717, 1.165) is 16.8 Å². The summed E-state index contributed by atoms with van der Waals surface area (Å²) in [6, 6.07) is 20.7. The average molecular weight is 248 g/mol. The lowest BCUT2D eigenvalue weighted by Crippen LogP contribution is -2.09. The van der Waals surface area contributed by atoms with E-state index in [2.05, 4.69) is 55.4 Å². The highest BCUT2D eigenvalue weighted by atomic mass is 15.1. The molecule has 0 bridgehead atoms. The highest BCUT2D eigenvalue weighted by Crippen LogP contribution is 2.29. The van der Waals surface area contributed by atoms with Crippen LogP contribution in [0.1, 0.15) is 0 Å². The first-order valence-corrected chi connectivity index (χ1v) is 6.38. The van der Waals surface area contributed by atoms with Crippen molar-refractivity contribution in [3.63, 3.8) is 0 Å². The number of anilines is 1. The molecule has 0 fully saturated rings. The monoisotopic (exact) mass is 248 g/mol. The van der Waals surface area contributed by atoms with Gasteiger partial charge in [-0.2, -0.15) is 0 Å². The molecule has 3 rings (SSSR count). The van der Waals surface area contributed by atoms with E-state index in [0.29, 0.717) is 0 Å². The minimum Gasteiger partial charge on any atom is -0.377 e. The summed E-state index contributed by atoms with van der Waals surface area (Å²) in [6.45, 7) is 0. The first kappa shape index (κ1) is 11.7. The standard InChI is InChI=1S/C17H16N2/c1-19(2)17-12-16(13-8-4-3-5-9-13)18-15-11-7-6-10-14(15)17/h3-12H,1-2H3. The lowest BCUT2D eigenvalue weighted by Gasteiger charge is -2.16. The normalized spacial score (nSPS) is 10.6. The van der Waals surface area contributed by atoms with Gasteiger partial charge >= 0.3 is 0 Å². The molecule has 0 aliphatic rings. The number of benzene rings is 2. The van der Waals surface area contributed by atoms with Crippen LogP contribution in [0.2, 0.25) is 0 Å². The molecule has 94 valence electrons. The molecular weight excluding hydrogens is 232 g/mol. The van der Waals surface area contributed by atoms with Crippen molar-refractivity contribution in [2.75, 3.05) is 19.0 Å². The summed E-state index contributed by atoms with van der Waals surface area (Å²) >= 11 is 0. The zero-order chi connectivity index (χ0) is 13.2. The van der Waals surface area contributed by atoms with E-state index in [9.17, 15) is 0 Å². The van der Waals surface area contributed by atoms with Gasteiger partial charge in [-0.1, -0.05) is 48.5 Å². The molecule has 0 unspecified atom stereocenters. The number of rotatable bonds is 2. The van der Waals surface area contributed by atoms with Crippen molar-refractivity contribution >= 4 is 16.6 Å². The summed E-state index contributed by atoms with van der Waals surface area (Å²) in [5, 5.41) is 1.19. The fourth-order valence-electron chi connectivity index (χ4n) is 2.28. The van der Waals surface area contributed by atoms with Crippen LogP contribution in [0.15, 0.2) is 60.7 Å². The maximum absolute atomic E-state index is 4.76. The van der Waals surface area contributed by atoms with E-state index in [1.54, 1.807) is 0 Å². The summed E-state index contributed by atoms with van der Waals surface area (Å²) in [4.78, 5) is 6.90. The molecule has 0 amide bonds. The molecule has 0 saturated carbocycles. The van der Waals surface area contributed by atoms with Crippen molar-refractivity contribution in [3.05, 3.63) is 60.7 Å². The number of nitrogens with zero attached hydrogens (tertiary/aromatic N) is 2. The lowest BCUT2D eigenvalue weighted by atomic mass is 10.1. The number of para-hydroxylation sites is 1. The van der Waals surface area contributed by atoms with Crippen LogP contribution in [0.5, 0.6) is 0 Å². The second-order valence-electron chi connectivity index (χ2n) is 4.80. The molecule has 0 atom stereocenters. The van der Waals surface area contributed by atoms with E-state index in [4.69, 9.17) is 4.98 Å². The second kappa shape index (κ2) is 4.73.